The fourth-order valence-corrected chi connectivity index (χ4v) is 4.38. The summed E-state index contributed by atoms with van der Waals surface area (Å²) in [6.07, 6.45) is 3.55. The lowest BCUT2D eigenvalue weighted by molar-refractivity contribution is 0.415. The van der Waals surface area contributed by atoms with Crippen LogP contribution in [0.4, 0.5) is 17.3 Å². The van der Waals surface area contributed by atoms with E-state index in [1.165, 1.54) is 0 Å². The highest BCUT2D eigenvalue weighted by atomic mass is 32.2. The summed E-state index contributed by atoms with van der Waals surface area (Å²) in [6.45, 7) is 3.89. The van der Waals surface area contributed by atoms with Gasteiger partial charge in [0, 0.05) is 35.7 Å². The summed E-state index contributed by atoms with van der Waals surface area (Å²) >= 11 is -1.32. The summed E-state index contributed by atoms with van der Waals surface area (Å²) in [5.74, 6) is 1.95. The van der Waals surface area contributed by atoms with Crippen molar-refractivity contribution < 1.29 is 9.29 Å². The van der Waals surface area contributed by atoms with Gasteiger partial charge in [-0.25, -0.2) is 9.97 Å². The van der Waals surface area contributed by atoms with Gasteiger partial charge < -0.3 is 9.29 Å². The molecule has 4 rings (SSSR count). The number of ether oxygens (including phenoxy) is 1. The minimum atomic E-state index is -1.32. The summed E-state index contributed by atoms with van der Waals surface area (Å²) in [4.78, 5) is 12.4. The van der Waals surface area contributed by atoms with Gasteiger partial charge in [-0.1, -0.05) is 12.1 Å². The average Bonchev–Trinajstić information content (AvgIpc) is 2.63. The average molecular weight is 351 g/mol. The lowest BCUT2D eigenvalue weighted by Gasteiger charge is -2.31. The molecule has 0 N–H and O–H groups in total. The highest BCUT2D eigenvalue weighted by Crippen LogP contribution is 2.48. The van der Waals surface area contributed by atoms with Crippen LogP contribution in [0.5, 0.6) is 5.75 Å². The Hall–Kier alpha value is -2.57. The molecule has 25 heavy (non-hydrogen) atoms. The van der Waals surface area contributed by atoms with E-state index >= 15 is 0 Å². The van der Waals surface area contributed by atoms with E-state index < -0.39 is 11.2 Å². The quantitative estimate of drug-likeness (QED) is 0.652. The number of pyridine rings is 2. The summed E-state index contributed by atoms with van der Waals surface area (Å²) < 4.78 is 18.6. The molecular formula is C19H17N3O2S. The molecule has 0 fully saturated rings. The molecule has 0 atom stereocenters. The molecule has 1 aliphatic rings. The van der Waals surface area contributed by atoms with E-state index in [0.717, 1.165) is 16.8 Å². The Morgan fingerprint density at radius 2 is 1.52 bits per heavy atom. The normalized spacial score (nSPS) is 13.4. The first kappa shape index (κ1) is 15.9. The third kappa shape index (κ3) is 2.54. The Bertz CT molecular complexity index is 908. The molecule has 2 aromatic heterocycles. The molecule has 3 aromatic rings. The van der Waals surface area contributed by atoms with Gasteiger partial charge >= 0.3 is 0 Å². The van der Waals surface area contributed by atoms with Crippen LogP contribution in [0.3, 0.4) is 0 Å². The minimum absolute atomic E-state index is 0.622. The van der Waals surface area contributed by atoms with Crippen LogP contribution in [0.15, 0.2) is 58.6 Å². The van der Waals surface area contributed by atoms with Gasteiger partial charge in [0.25, 0.3) is 0 Å². The molecule has 126 valence electrons. The zero-order valence-electron chi connectivity index (χ0n) is 14.2. The molecule has 1 aliphatic heterocycles. The largest absolute Gasteiger partial charge is 0.606 e. The summed E-state index contributed by atoms with van der Waals surface area (Å²) in [7, 11) is 1.63. The molecule has 3 heterocycles. The van der Waals surface area contributed by atoms with Crippen molar-refractivity contribution in [1.29, 1.82) is 0 Å². The molecule has 1 aromatic carbocycles. The van der Waals surface area contributed by atoms with Crippen LogP contribution in [0.2, 0.25) is 0 Å². The van der Waals surface area contributed by atoms with Crippen molar-refractivity contribution in [3.63, 3.8) is 0 Å². The predicted molar refractivity (Wildman–Crippen MR) is 97.4 cm³/mol. The standard InChI is InChI=1S/C19H17N3O2S/c1-12-8-16-18(20-10-12)22(14-6-4-5-7-15(14)24-3)19-17(25(16)23)9-13(2)11-21-19/h4-11H,1-3H3. The van der Waals surface area contributed by atoms with E-state index in [1.54, 1.807) is 19.5 Å². The van der Waals surface area contributed by atoms with E-state index in [2.05, 4.69) is 9.97 Å². The third-order valence-electron chi connectivity index (χ3n) is 4.09. The number of benzene rings is 1. The summed E-state index contributed by atoms with van der Waals surface area (Å²) in [5, 5.41) is 0. The number of hydrogen-bond acceptors (Lipinski definition) is 5. The number of aryl methyl sites for hydroxylation is 2. The van der Waals surface area contributed by atoms with Crippen LogP contribution in [0.25, 0.3) is 0 Å². The van der Waals surface area contributed by atoms with E-state index in [4.69, 9.17) is 4.74 Å². The molecule has 0 aliphatic carbocycles. The van der Waals surface area contributed by atoms with E-state index in [0.29, 0.717) is 27.2 Å². The topological polar surface area (TPSA) is 61.3 Å². The summed E-state index contributed by atoms with van der Waals surface area (Å²) in [6, 6.07) is 11.5. The van der Waals surface area contributed by atoms with Crippen LogP contribution in [0.1, 0.15) is 11.1 Å². The van der Waals surface area contributed by atoms with Gasteiger partial charge in [-0.15, -0.1) is 0 Å². The van der Waals surface area contributed by atoms with Gasteiger partial charge in [-0.3, -0.25) is 4.90 Å². The van der Waals surface area contributed by atoms with Crippen LogP contribution >= 0.6 is 0 Å². The van der Waals surface area contributed by atoms with Crippen LogP contribution in [0, 0.1) is 13.8 Å². The molecular weight excluding hydrogens is 334 g/mol. The second kappa shape index (κ2) is 6.06. The van der Waals surface area contributed by atoms with Crippen LogP contribution < -0.4 is 9.64 Å². The molecule has 0 spiro atoms. The van der Waals surface area contributed by atoms with E-state index in [-0.39, 0.29) is 0 Å². The van der Waals surface area contributed by atoms with Gasteiger partial charge in [0.15, 0.2) is 11.6 Å². The zero-order chi connectivity index (χ0) is 17.6. The molecule has 0 bridgehead atoms. The minimum Gasteiger partial charge on any atom is -0.606 e. The van der Waals surface area contributed by atoms with Gasteiger partial charge in [0.05, 0.1) is 12.8 Å². The Morgan fingerprint density at radius 3 is 2.08 bits per heavy atom. The maximum absolute atomic E-state index is 13.1. The van der Waals surface area contributed by atoms with Crippen molar-refractivity contribution in [3.8, 4) is 5.75 Å². The monoisotopic (exact) mass is 351 g/mol. The first-order chi connectivity index (χ1) is 12.1. The van der Waals surface area contributed by atoms with Crippen LogP contribution in [-0.2, 0) is 11.2 Å². The van der Waals surface area contributed by atoms with Crippen molar-refractivity contribution in [2.45, 2.75) is 23.6 Å². The molecule has 6 heteroatoms. The molecule has 5 nitrogen and oxygen atoms in total. The van der Waals surface area contributed by atoms with Gasteiger partial charge in [0.1, 0.15) is 5.75 Å². The van der Waals surface area contributed by atoms with Crippen molar-refractivity contribution in [3.05, 3.63) is 59.9 Å². The molecule has 0 unspecified atom stereocenters. The van der Waals surface area contributed by atoms with Crippen molar-refractivity contribution in [1.82, 2.24) is 9.97 Å². The number of aromatic nitrogens is 2. The fourth-order valence-electron chi connectivity index (χ4n) is 2.94. The van der Waals surface area contributed by atoms with Gasteiger partial charge in [0.2, 0.25) is 9.79 Å². The van der Waals surface area contributed by atoms with Crippen molar-refractivity contribution in [2.75, 3.05) is 12.0 Å². The highest BCUT2D eigenvalue weighted by molar-refractivity contribution is 7.92. The maximum Gasteiger partial charge on any atom is 0.202 e. The van der Waals surface area contributed by atoms with E-state index in [1.807, 2.05) is 55.1 Å². The lowest BCUT2D eigenvalue weighted by Crippen LogP contribution is -2.25. The number of rotatable bonds is 2. The Kier molecular flexibility index (Phi) is 3.86. The van der Waals surface area contributed by atoms with Gasteiger partial charge in [-0.2, -0.15) is 0 Å². The zero-order valence-corrected chi connectivity index (χ0v) is 15.0. The maximum atomic E-state index is 13.1. The van der Waals surface area contributed by atoms with Crippen molar-refractivity contribution >= 4 is 28.5 Å². The predicted octanol–water partition coefficient (Wildman–Crippen LogP) is 4.05. The number of fused-ring (bicyclic) bond motifs is 2. The second-order valence-corrected chi connectivity index (χ2v) is 7.36. The SMILES string of the molecule is COc1ccccc1N1c2ncc(C)cc2[S+]([O-])c2cc(C)cnc21. The molecule has 0 saturated carbocycles. The number of para-hydroxylation sites is 2. The number of methoxy groups -OCH3 is 1. The Balaban J connectivity index is 2.03. The van der Waals surface area contributed by atoms with Gasteiger partial charge in [-0.05, 0) is 37.1 Å². The van der Waals surface area contributed by atoms with E-state index in [9.17, 15) is 4.55 Å². The molecule has 0 radical (unpaired) electrons. The Labute approximate surface area is 149 Å². The van der Waals surface area contributed by atoms with Crippen molar-refractivity contribution in [2.24, 2.45) is 0 Å². The first-order valence-corrected chi connectivity index (χ1v) is 9.03. The molecule has 0 saturated heterocycles. The Morgan fingerprint density at radius 1 is 0.960 bits per heavy atom. The highest BCUT2D eigenvalue weighted by Gasteiger charge is 2.38. The summed E-state index contributed by atoms with van der Waals surface area (Å²) in [5.41, 5.74) is 2.75. The third-order valence-corrected chi connectivity index (χ3v) is 5.49. The number of hydrogen-bond donors (Lipinski definition) is 0. The fraction of sp³-hybridized carbons (Fsp3) is 0.158. The first-order valence-electron chi connectivity index (χ1n) is 7.88. The lowest BCUT2D eigenvalue weighted by atomic mass is 10.2. The molecule has 0 amide bonds. The smallest absolute Gasteiger partial charge is 0.202 e. The second-order valence-electron chi connectivity index (χ2n) is 5.94. The number of nitrogens with zero attached hydrogens (tertiary/aromatic N) is 3. The number of anilines is 3. The van der Waals surface area contributed by atoms with Crippen LogP contribution in [-0.4, -0.2) is 21.6 Å².